The Kier molecular flexibility index (Phi) is 3.42. The van der Waals surface area contributed by atoms with Crippen molar-refractivity contribution in [3.05, 3.63) is 42.1 Å². The van der Waals surface area contributed by atoms with Gasteiger partial charge in [0, 0.05) is 36.3 Å². The van der Waals surface area contributed by atoms with E-state index in [2.05, 4.69) is 41.9 Å². The van der Waals surface area contributed by atoms with Crippen LogP contribution in [0.25, 0.3) is 10.9 Å². The summed E-state index contributed by atoms with van der Waals surface area (Å²) in [5, 5.41) is 1.35. The van der Waals surface area contributed by atoms with Crippen LogP contribution >= 0.6 is 12.6 Å². The predicted octanol–water partition coefficient (Wildman–Crippen LogP) is 2.31. The van der Waals surface area contributed by atoms with Crippen LogP contribution in [0.15, 0.2) is 36.5 Å². The maximum Gasteiger partial charge on any atom is 0.223 e. The number of fused-ring (bicyclic) bond motifs is 1. The Morgan fingerprint density at radius 1 is 1.37 bits per heavy atom. The Morgan fingerprint density at radius 2 is 2.26 bits per heavy atom. The molecule has 0 saturated carbocycles. The first kappa shape index (κ1) is 12.5. The lowest BCUT2D eigenvalue weighted by atomic mass is 10.1. The third-order valence-electron chi connectivity index (χ3n) is 3.53. The monoisotopic (exact) mass is 272 g/mol. The molecule has 2 heterocycles. The van der Waals surface area contributed by atoms with Gasteiger partial charge in [0.1, 0.15) is 0 Å². The molecule has 1 amide bonds. The third-order valence-corrected chi connectivity index (χ3v) is 3.88. The summed E-state index contributed by atoms with van der Waals surface area (Å²) >= 11 is 4.37. The summed E-state index contributed by atoms with van der Waals surface area (Å²) in [6.45, 7) is 1.54. The number of likely N-dealkylation sites (tertiary alicyclic amines) is 1. The Hall–Kier alpha value is -1.55. The van der Waals surface area contributed by atoms with Crippen LogP contribution in [-0.2, 0) is 11.2 Å². The number of carbonyl (C=O) groups is 1. The second-order valence-corrected chi connectivity index (χ2v) is 5.71. The molecule has 1 atom stereocenters. The molecule has 98 valence electrons. The molecule has 1 aromatic carbocycles. The van der Waals surface area contributed by atoms with E-state index in [-0.39, 0.29) is 11.2 Å². The third kappa shape index (κ3) is 2.73. The number of rotatable bonds is 3. The normalized spacial score (nSPS) is 19.3. The van der Waals surface area contributed by atoms with E-state index in [1.165, 1.54) is 5.56 Å². The largest absolute Gasteiger partial charge is 0.341 e. The molecule has 0 bridgehead atoms. The summed E-state index contributed by atoms with van der Waals surface area (Å²) in [5.41, 5.74) is 2.24. The summed E-state index contributed by atoms with van der Waals surface area (Å²) < 4.78 is 0. The predicted molar refractivity (Wildman–Crippen MR) is 79.4 cm³/mol. The minimum Gasteiger partial charge on any atom is -0.341 e. The van der Waals surface area contributed by atoms with Gasteiger partial charge in [-0.3, -0.25) is 9.78 Å². The number of thiol groups is 1. The SMILES string of the molecule is O=C1CC(S)CN1CCc1ccc2cccnc2c1. The minimum atomic E-state index is 0.200. The van der Waals surface area contributed by atoms with Crippen LogP contribution in [0.5, 0.6) is 0 Å². The van der Waals surface area contributed by atoms with E-state index < -0.39 is 0 Å². The fourth-order valence-electron chi connectivity index (χ4n) is 2.50. The molecule has 0 spiro atoms. The van der Waals surface area contributed by atoms with Crippen LogP contribution in [0, 0.1) is 0 Å². The molecule has 1 aliphatic heterocycles. The number of carbonyl (C=O) groups excluding carboxylic acids is 1. The number of hydrogen-bond acceptors (Lipinski definition) is 3. The number of aromatic nitrogens is 1. The average molecular weight is 272 g/mol. The summed E-state index contributed by atoms with van der Waals surface area (Å²) in [7, 11) is 0. The van der Waals surface area contributed by atoms with Crippen molar-refractivity contribution in [2.75, 3.05) is 13.1 Å². The molecule has 4 heteroatoms. The quantitative estimate of drug-likeness (QED) is 0.870. The van der Waals surface area contributed by atoms with Crippen LogP contribution < -0.4 is 0 Å². The zero-order valence-corrected chi connectivity index (χ0v) is 11.5. The highest BCUT2D eigenvalue weighted by Gasteiger charge is 2.26. The fourth-order valence-corrected chi connectivity index (χ4v) is 2.85. The molecular formula is C15H16N2OS. The van der Waals surface area contributed by atoms with E-state index in [1.807, 2.05) is 17.2 Å². The van der Waals surface area contributed by atoms with Crippen LogP contribution in [0.2, 0.25) is 0 Å². The van der Waals surface area contributed by atoms with Gasteiger partial charge in [-0.25, -0.2) is 0 Å². The van der Waals surface area contributed by atoms with Gasteiger partial charge < -0.3 is 4.90 Å². The molecule has 2 aromatic rings. The van der Waals surface area contributed by atoms with Gasteiger partial charge >= 0.3 is 0 Å². The highest BCUT2D eigenvalue weighted by Crippen LogP contribution is 2.18. The fraction of sp³-hybridized carbons (Fsp3) is 0.333. The van der Waals surface area contributed by atoms with E-state index in [0.29, 0.717) is 6.42 Å². The Bertz CT molecular complexity index is 614. The van der Waals surface area contributed by atoms with Crippen molar-refractivity contribution in [3.8, 4) is 0 Å². The number of hydrogen-bond donors (Lipinski definition) is 1. The van der Waals surface area contributed by atoms with Crippen LogP contribution in [0.4, 0.5) is 0 Å². The van der Waals surface area contributed by atoms with E-state index in [9.17, 15) is 4.79 Å². The van der Waals surface area contributed by atoms with Crippen LogP contribution in [-0.4, -0.2) is 34.1 Å². The second kappa shape index (κ2) is 5.21. The summed E-state index contributed by atoms with van der Waals surface area (Å²) in [4.78, 5) is 17.9. The molecule has 1 aromatic heterocycles. The Labute approximate surface area is 118 Å². The summed E-state index contributed by atoms with van der Waals surface area (Å²) in [6, 6.07) is 10.3. The van der Waals surface area contributed by atoms with Gasteiger partial charge in [-0.2, -0.15) is 12.6 Å². The maximum absolute atomic E-state index is 11.7. The number of pyridine rings is 1. The Balaban J connectivity index is 1.70. The molecule has 1 saturated heterocycles. The Morgan fingerprint density at radius 3 is 3.05 bits per heavy atom. The van der Waals surface area contributed by atoms with Crippen molar-refractivity contribution in [1.82, 2.24) is 9.88 Å². The molecule has 0 radical (unpaired) electrons. The van der Waals surface area contributed by atoms with Crippen molar-refractivity contribution in [2.24, 2.45) is 0 Å². The van der Waals surface area contributed by atoms with Gasteiger partial charge in [0.25, 0.3) is 0 Å². The van der Waals surface area contributed by atoms with Crippen molar-refractivity contribution in [2.45, 2.75) is 18.1 Å². The molecule has 1 aliphatic rings. The zero-order valence-electron chi connectivity index (χ0n) is 10.6. The average Bonchev–Trinajstić information content (AvgIpc) is 2.74. The molecule has 3 nitrogen and oxygen atoms in total. The first-order valence-electron chi connectivity index (χ1n) is 6.52. The van der Waals surface area contributed by atoms with E-state index in [1.54, 1.807) is 0 Å². The molecular weight excluding hydrogens is 256 g/mol. The topological polar surface area (TPSA) is 33.2 Å². The zero-order chi connectivity index (χ0) is 13.2. The first-order valence-corrected chi connectivity index (χ1v) is 7.03. The van der Waals surface area contributed by atoms with Gasteiger partial charge in [0.15, 0.2) is 0 Å². The lowest BCUT2D eigenvalue weighted by Gasteiger charge is -2.15. The minimum absolute atomic E-state index is 0.200. The smallest absolute Gasteiger partial charge is 0.223 e. The highest BCUT2D eigenvalue weighted by atomic mass is 32.1. The number of amides is 1. The van der Waals surface area contributed by atoms with Crippen molar-refractivity contribution >= 4 is 29.4 Å². The molecule has 1 fully saturated rings. The second-order valence-electron chi connectivity index (χ2n) is 4.98. The molecule has 3 rings (SSSR count). The lowest BCUT2D eigenvalue weighted by molar-refractivity contribution is -0.127. The summed E-state index contributed by atoms with van der Waals surface area (Å²) in [6.07, 6.45) is 3.25. The van der Waals surface area contributed by atoms with Crippen molar-refractivity contribution < 1.29 is 4.79 Å². The standard InChI is InChI=1S/C15H16N2OS/c18-15-9-13(19)10-17(15)7-5-11-3-4-12-2-1-6-16-14(12)8-11/h1-4,6,8,13,19H,5,7,9-10H2. The van der Waals surface area contributed by atoms with Gasteiger partial charge in [-0.15, -0.1) is 0 Å². The van der Waals surface area contributed by atoms with Gasteiger partial charge in [0.05, 0.1) is 5.52 Å². The van der Waals surface area contributed by atoms with Gasteiger partial charge in [0.2, 0.25) is 5.91 Å². The maximum atomic E-state index is 11.7. The first-order chi connectivity index (χ1) is 9.22. The van der Waals surface area contributed by atoms with Crippen LogP contribution in [0.1, 0.15) is 12.0 Å². The van der Waals surface area contributed by atoms with E-state index in [0.717, 1.165) is 30.4 Å². The number of benzene rings is 1. The van der Waals surface area contributed by atoms with E-state index >= 15 is 0 Å². The van der Waals surface area contributed by atoms with Gasteiger partial charge in [-0.1, -0.05) is 18.2 Å². The van der Waals surface area contributed by atoms with Crippen LogP contribution in [0.3, 0.4) is 0 Å². The van der Waals surface area contributed by atoms with Gasteiger partial charge in [-0.05, 0) is 24.1 Å². The molecule has 0 aliphatic carbocycles. The lowest BCUT2D eigenvalue weighted by Crippen LogP contribution is -2.27. The molecule has 1 unspecified atom stereocenters. The molecule has 0 N–H and O–H groups in total. The van der Waals surface area contributed by atoms with E-state index in [4.69, 9.17) is 0 Å². The highest BCUT2D eigenvalue weighted by molar-refractivity contribution is 7.81. The number of nitrogens with zero attached hydrogens (tertiary/aromatic N) is 2. The summed E-state index contributed by atoms with van der Waals surface area (Å²) in [5.74, 6) is 0.221. The van der Waals surface area contributed by atoms with Crippen molar-refractivity contribution in [1.29, 1.82) is 0 Å². The van der Waals surface area contributed by atoms with Crippen molar-refractivity contribution in [3.63, 3.8) is 0 Å². The molecule has 19 heavy (non-hydrogen) atoms.